The zero-order valence-electron chi connectivity index (χ0n) is 9.29. The van der Waals surface area contributed by atoms with Gasteiger partial charge in [0.25, 0.3) is 0 Å². The first-order chi connectivity index (χ1) is 7.76. The maximum absolute atomic E-state index is 12.2. The standard InChI is InChI=1S/C12H13F3O2/c1-11(10(16)17,7-8-12(13,14)15)9-5-3-2-4-6-9/h2-6H,7-8H2,1H3,(H,16,17). The van der Waals surface area contributed by atoms with E-state index in [1.54, 1.807) is 18.2 Å². The van der Waals surface area contributed by atoms with Crippen LogP contribution in [0.15, 0.2) is 30.3 Å². The molecule has 1 atom stereocenters. The number of carbonyl (C=O) groups is 1. The Morgan fingerprint density at radius 1 is 1.18 bits per heavy atom. The van der Waals surface area contributed by atoms with Crippen LogP contribution in [0.5, 0.6) is 0 Å². The van der Waals surface area contributed by atoms with Crippen LogP contribution in [0.2, 0.25) is 0 Å². The van der Waals surface area contributed by atoms with Crippen molar-refractivity contribution in [1.82, 2.24) is 0 Å². The molecule has 0 fully saturated rings. The van der Waals surface area contributed by atoms with Crippen molar-refractivity contribution in [1.29, 1.82) is 0 Å². The first-order valence-electron chi connectivity index (χ1n) is 5.11. The average Bonchev–Trinajstić information content (AvgIpc) is 2.26. The molecule has 0 aromatic heterocycles. The molecule has 0 aliphatic heterocycles. The predicted octanol–water partition coefficient (Wildman–Crippen LogP) is 3.37. The summed E-state index contributed by atoms with van der Waals surface area (Å²) in [5.74, 6) is -1.24. The third-order valence-corrected chi connectivity index (χ3v) is 2.79. The summed E-state index contributed by atoms with van der Waals surface area (Å²) in [5.41, 5.74) is -1.12. The van der Waals surface area contributed by atoms with Crippen LogP contribution >= 0.6 is 0 Å². The van der Waals surface area contributed by atoms with Gasteiger partial charge in [0.05, 0.1) is 5.41 Å². The van der Waals surface area contributed by atoms with E-state index in [1.165, 1.54) is 19.1 Å². The topological polar surface area (TPSA) is 37.3 Å². The fraction of sp³-hybridized carbons (Fsp3) is 0.417. The van der Waals surface area contributed by atoms with Crippen LogP contribution in [-0.2, 0) is 10.2 Å². The molecule has 1 aromatic rings. The molecule has 1 rings (SSSR count). The molecule has 0 amide bonds. The van der Waals surface area contributed by atoms with E-state index in [0.717, 1.165) is 0 Å². The molecule has 0 bridgehead atoms. The van der Waals surface area contributed by atoms with Gasteiger partial charge in [0, 0.05) is 6.42 Å². The third-order valence-electron chi connectivity index (χ3n) is 2.79. The lowest BCUT2D eigenvalue weighted by atomic mass is 9.78. The van der Waals surface area contributed by atoms with Crippen LogP contribution in [0, 0.1) is 0 Å². The Kier molecular flexibility index (Phi) is 3.80. The quantitative estimate of drug-likeness (QED) is 0.884. The van der Waals surface area contributed by atoms with E-state index in [4.69, 9.17) is 5.11 Å². The van der Waals surface area contributed by atoms with E-state index in [1.807, 2.05) is 0 Å². The summed E-state index contributed by atoms with van der Waals surface area (Å²) >= 11 is 0. The molecular weight excluding hydrogens is 233 g/mol. The first kappa shape index (κ1) is 13.5. The number of rotatable bonds is 4. The van der Waals surface area contributed by atoms with E-state index < -0.39 is 30.4 Å². The highest BCUT2D eigenvalue weighted by molar-refractivity contribution is 5.80. The lowest BCUT2D eigenvalue weighted by Gasteiger charge is -2.25. The minimum absolute atomic E-state index is 0.386. The van der Waals surface area contributed by atoms with Gasteiger partial charge in [-0.15, -0.1) is 0 Å². The Morgan fingerprint density at radius 2 is 1.71 bits per heavy atom. The molecule has 0 spiro atoms. The Morgan fingerprint density at radius 3 is 2.12 bits per heavy atom. The SMILES string of the molecule is CC(CCC(F)(F)F)(C(=O)O)c1ccccc1. The van der Waals surface area contributed by atoms with Gasteiger partial charge in [0.2, 0.25) is 0 Å². The summed E-state index contributed by atoms with van der Waals surface area (Å²) < 4.78 is 36.5. The van der Waals surface area contributed by atoms with Crippen LogP contribution in [0.4, 0.5) is 13.2 Å². The molecular formula is C12H13F3O2. The summed E-state index contributed by atoms with van der Waals surface area (Å²) in [5, 5.41) is 9.12. The van der Waals surface area contributed by atoms with E-state index in [0.29, 0.717) is 5.56 Å². The molecule has 0 aliphatic carbocycles. The number of hydrogen-bond donors (Lipinski definition) is 1. The van der Waals surface area contributed by atoms with Gasteiger partial charge in [-0.1, -0.05) is 30.3 Å². The highest BCUT2D eigenvalue weighted by Crippen LogP contribution is 2.34. The number of carboxylic acids is 1. The van der Waals surface area contributed by atoms with Crippen LogP contribution in [-0.4, -0.2) is 17.3 Å². The van der Waals surface area contributed by atoms with Gasteiger partial charge in [0.15, 0.2) is 0 Å². The van der Waals surface area contributed by atoms with Crippen molar-refractivity contribution in [2.45, 2.75) is 31.4 Å². The van der Waals surface area contributed by atoms with Gasteiger partial charge in [-0.2, -0.15) is 13.2 Å². The molecule has 0 saturated heterocycles. The van der Waals surface area contributed by atoms with Gasteiger partial charge in [0.1, 0.15) is 0 Å². The summed E-state index contributed by atoms with van der Waals surface area (Å²) in [4.78, 5) is 11.2. The summed E-state index contributed by atoms with van der Waals surface area (Å²) in [6.07, 6.45) is -5.91. The molecule has 0 saturated carbocycles. The second-order valence-electron chi connectivity index (χ2n) is 4.12. The normalized spacial score (nSPS) is 15.3. The first-order valence-corrected chi connectivity index (χ1v) is 5.11. The number of halogens is 3. The van der Waals surface area contributed by atoms with Crippen LogP contribution in [0.3, 0.4) is 0 Å². The third kappa shape index (κ3) is 3.47. The van der Waals surface area contributed by atoms with Gasteiger partial charge >= 0.3 is 12.1 Å². The van der Waals surface area contributed by atoms with Gasteiger partial charge in [-0.25, -0.2) is 0 Å². The van der Waals surface area contributed by atoms with E-state index in [9.17, 15) is 18.0 Å². The van der Waals surface area contributed by atoms with Crippen molar-refractivity contribution in [3.63, 3.8) is 0 Å². The molecule has 1 aromatic carbocycles. The van der Waals surface area contributed by atoms with E-state index in [-0.39, 0.29) is 0 Å². The van der Waals surface area contributed by atoms with Crippen molar-refractivity contribution in [2.75, 3.05) is 0 Å². The number of aliphatic carboxylic acids is 1. The molecule has 5 heteroatoms. The monoisotopic (exact) mass is 246 g/mol. The van der Waals surface area contributed by atoms with Crippen molar-refractivity contribution >= 4 is 5.97 Å². The number of hydrogen-bond acceptors (Lipinski definition) is 1. The van der Waals surface area contributed by atoms with Crippen LogP contribution in [0.1, 0.15) is 25.3 Å². The average molecular weight is 246 g/mol. The Hall–Kier alpha value is -1.52. The van der Waals surface area contributed by atoms with Crippen LogP contribution < -0.4 is 0 Å². The maximum Gasteiger partial charge on any atom is 0.389 e. The number of alkyl halides is 3. The van der Waals surface area contributed by atoms with Gasteiger partial charge < -0.3 is 5.11 Å². The van der Waals surface area contributed by atoms with E-state index >= 15 is 0 Å². The second-order valence-corrected chi connectivity index (χ2v) is 4.12. The molecule has 94 valence electrons. The van der Waals surface area contributed by atoms with E-state index in [2.05, 4.69) is 0 Å². The fourth-order valence-electron chi connectivity index (χ4n) is 1.57. The molecule has 0 heterocycles. The molecule has 2 nitrogen and oxygen atoms in total. The molecule has 0 aliphatic rings. The van der Waals surface area contributed by atoms with Crippen molar-refractivity contribution in [3.8, 4) is 0 Å². The Labute approximate surface area is 97.1 Å². The predicted molar refractivity (Wildman–Crippen MR) is 56.7 cm³/mol. The largest absolute Gasteiger partial charge is 0.481 e. The zero-order chi connectivity index (χ0) is 13.1. The van der Waals surface area contributed by atoms with Crippen molar-refractivity contribution < 1.29 is 23.1 Å². The lowest BCUT2D eigenvalue weighted by Crippen LogP contribution is -2.33. The minimum Gasteiger partial charge on any atom is -0.481 e. The van der Waals surface area contributed by atoms with Gasteiger partial charge in [-0.3, -0.25) is 4.79 Å². The summed E-state index contributed by atoms with van der Waals surface area (Å²) in [7, 11) is 0. The molecule has 17 heavy (non-hydrogen) atoms. The fourth-order valence-corrected chi connectivity index (χ4v) is 1.57. The lowest BCUT2D eigenvalue weighted by molar-refractivity contribution is -0.150. The maximum atomic E-state index is 12.2. The van der Waals surface area contributed by atoms with Crippen LogP contribution in [0.25, 0.3) is 0 Å². The Balaban J connectivity index is 2.95. The minimum atomic E-state index is -4.34. The van der Waals surface area contributed by atoms with Crippen molar-refractivity contribution in [3.05, 3.63) is 35.9 Å². The smallest absolute Gasteiger partial charge is 0.389 e. The number of carboxylic acid groups (broad SMARTS) is 1. The van der Waals surface area contributed by atoms with Gasteiger partial charge in [-0.05, 0) is 18.9 Å². The Bertz CT molecular complexity index is 386. The van der Waals surface area contributed by atoms with Crippen molar-refractivity contribution in [2.24, 2.45) is 0 Å². The summed E-state index contributed by atoms with van der Waals surface area (Å²) in [6, 6.07) is 7.98. The zero-order valence-corrected chi connectivity index (χ0v) is 9.29. The molecule has 0 radical (unpaired) electrons. The molecule has 1 N–H and O–H groups in total. The highest BCUT2D eigenvalue weighted by atomic mass is 19.4. The molecule has 1 unspecified atom stereocenters. The number of benzene rings is 1. The second kappa shape index (κ2) is 4.77. The highest BCUT2D eigenvalue weighted by Gasteiger charge is 2.39. The summed E-state index contributed by atoms with van der Waals surface area (Å²) in [6.45, 7) is 1.32.